The fourth-order valence-corrected chi connectivity index (χ4v) is 2.11. The number of ether oxygens (including phenoxy) is 2. The molecule has 0 unspecified atom stereocenters. The van der Waals surface area contributed by atoms with Crippen molar-refractivity contribution in [2.45, 2.75) is 33.2 Å². The molecule has 0 aliphatic heterocycles. The number of rotatable bonds is 5. The van der Waals surface area contributed by atoms with Crippen molar-refractivity contribution in [3.63, 3.8) is 0 Å². The Morgan fingerprint density at radius 2 is 1.90 bits per heavy atom. The van der Waals surface area contributed by atoms with Crippen molar-refractivity contribution in [1.29, 1.82) is 0 Å². The van der Waals surface area contributed by atoms with Gasteiger partial charge in [0.05, 0.1) is 4.47 Å². The number of benzene rings is 1. The molecule has 0 saturated carbocycles. The van der Waals surface area contributed by atoms with E-state index in [2.05, 4.69) is 21.2 Å². The number of amides is 1. The third-order valence-corrected chi connectivity index (χ3v) is 2.93. The minimum Gasteiger partial charge on any atom is -0.481 e. The molecule has 21 heavy (non-hydrogen) atoms. The zero-order chi connectivity index (χ0) is 16.0. The van der Waals surface area contributed by atoms with Crippen molar-refractivity contribution in [3.8, 4) is 5.75 Å². The molecule has 1 aromatic rings. The third kappa shape index (κ3) is 7.13. The molecule has 0 aromatic heterocycles. The van der Waals surface area contributed by atoms with Crippen molar-refractivity contribution in [1.82, 2.24) is 5.32 Å². The molecule has 0 radical (unpaired) electrons. The molecule has 0 heterocycles. The van der Waals surface area contributed by atoms with E-state index in [1.54, 1.807) is 6.07 Å². The lowest BCUT2D eigenvalue weighted by molar-refractivity contribution is -0.150. The summed E-state index contributed by atoms with van der Waals surface area (Å²) in [5.74, 6) is -0.379. The molecule has 0 saturated heterocycles. The van der Waals surface area contributed by atoms with Crippen molar-refractivity contribution in [2.24, 2.45) is 0 Å². The van der Waals surface area contributed by atoms with Crippen LogP contribution in [0.3, 0.4) is 0 Å². The summed E-state index contributed by atoms with van der Waals surface area (Å²) in [5, 5.41) is 2.70. The lowest BCUT2D eigenvalue weighted by Crippen LogP contribution is -2.43. The Labute approximate surface area is 133 Å². The maximum Gasteiger partial charge on any atom is 0.344 e. The van der Waals surface area contributed by atoms with E-state index >= 15 is 0 Å². The highest BCUT2D eigenvalue weighted by molar-refractivity contribution is 9.10. The quantitative estimate of drug-likeness (QED) is 0.822. The van der Waals surface area contributed by atoms with Crippen LogP contribution in [0.25, 0.3) is 0 Å². The average molecular weight is 358 g/mol. The Kier molecular flexibility index (Phi) is 6.20. The minimum atomic E-state index is -0.591. The number of hydrogen-bond acceptors (Lipinski definition) is 4. The van der Waals surface area contributed by atoms with Gasteiger partial charge in [0.2, 0.25) is 0 Å². The Hall–Kier alpha value is -1.56. The molecular weight excluding hydrogens is 338 g/mol. The van der Waals surface area contributed by atoms with E-state index in [1.165, 1.54) is 0 Å². The van der Waals surface area contributed by atoms with Crippen LogP contribution in [0.5, 0.6) is 5.75 Å². The minimum absolute atomic E-state index is 0.246. The maximum absolute atomic E-state index is 11.5. The SMILES string of the molecule is Cc1ccc(OCC(=O)OCC(=O)NC(C)(C)C)c(Br)c1. The Balaban J connectivity index is 2.36. The van der Waals surface area contributed by atoms with Crippen LogP contribution in [-0.4, -0.2) is 30.6 Å². The Morgan fingerprint density at radius 1 is 1.24 bits per heavy atom. The molecule has 0 spiro atoms. The summed E-state index contributed by atoms with van der Waals surface area (Å²) in [6.45, 7) is 6.95. The molecule has 0 bridgehead atoms. The monoisotopic (exact) mass is 357 g/mol. The average Bonchev–Trinajstić information content (AvgIpc) is 2.33. The molecule has 1 N–H and O–H groups in total. The largest absolute Gasteiger partial charge is 0.481 e. The molecule has 1 rings (SSSR count). The van der Waals surface area contributed by atoms with E-state index in [4.69, 9.17) is 9.47 Å². The van der Waals surface area contributed by atoms with Crippen molar-refractivity contribution >= 4 is 27.8 Å². The number of nitrogens with one attached hydrogen (secondary N) is 1. The van der Waals surface area contributed by atoms with E-state index < -0.39 is 5.97 Å². The van der Waals surface area contributed by atoms with Gasteiger partial charge in [0.15, 0.2) is 13.2 Å². The van der Waals surface area contributed by atoms with Gasteiger partial charge < -0.3 is 14.8 Å². The van der Waals surface area contributed by atoms with Gasteiger partial charge in [-0.2, -0.15) is 0 Å². The zero-order valence-electron chi connectivity index (χ0n) is 12.7. The second kappa shape index (κ2) is 7.45. The molecule has 1 amide bonds. The van der Waals surface area contributed by atoms with Crippen LogP contribution in [0.1, 0.15) is 26.3 Å². The fourth-order valence-electron chi connectivity index (χ4n) is 1.50. The van der Waals surface area contributed by atoms with E-state index in [1.807, 2.05) is 39.8 Å². The maximum atomic E-state index is 11.5. The van der Waals surface area contributed by atoms with Gasteiger partial charge >= 0.3 is 5.97 Å². The van der Waals surface area contributed by atoms with Crippen LogP contribution >= 0.6 is 15.9 Å². The van der Waals surface area contributed by atoms with E-state index in [-0.39, 0.29) is 24.7 Å². The Bertz CT molecular complexity index is 523. The van der Waals surface area contributed by atoms with E-state index in [9.17, 15) is 9.59 Å². The lowest BCUT2D eigenvalue weighted by atomic mass is 10.1. The smallest absolute Gasteiger partial charge is 0.344 e. The topological polar surface area (TPSA) is 64.6 Å². The van der Waals surface area contributed by atoms with Gasteiger partial charge in [0.1, 0.15) is 5.75 Å². The first-order valence-corrected chi connectivity index (χ1v) is 7.32. The molecule has 0 aliphatic rings. The summed E-state index contributed by atoms with van der Waals surface area (Å²) in [6, 6.07) is 5.53. The van der Waals surface area contributed by atoms with Gasteiger partial charge in [-0.15, -0.1) is 0 Å². The molecule has 5 nitrogen and oxygen atoms in total. The van der Waals surface area contributed by atoms with Crippen molar-refractivity contribution < 1.29 is 19.1 Å². The first-order valence-electron chi connectivity index (χ1n) is 6.53. The Morgan fingerprint density at radius 3 is 2.48 bits per heavy atom. The molecule has 0 fully saturated rings. The number of esters is 1. The van der Waals surface area contributed by atoms with Crippen LogP contribution in [0.2, 0.25) is 0 Å². The molecule has 6 heteroatoms. The fraction of sp³-hybridized carbons (Fsp3) is 0.467. The van der Waals surface area contributed by atoms with Gasteiger partial charge in [-0.3, -0.25) is 4.79 Å². The predicted molar refractivity (Wildman–Crippen MR) is 83.2 cm³/mol. The molecular formula is C15H20BrNO4. The van der Waals surface area contributed by atoms with Crippen LogP contribution < -0.4 is 10.1 Å². The van der Waals surface area contributed by atoms with Crippen molar-refractivity contribution in [2.75, 3.05) is 13.2 Å². The second-order valence-corrected chi connectivity index (χ2v) is 6.54. The first kappa shape index (κ1) is 17.5. The second-order valence-electron chi connectivity index (χ2n) is 5.68. The third-order valence-electron chi connectivity index (χ3n) is 2.31. The highest BCUT2D eigenvalue weighted by atomic mass is 79.9. The van der Waals surface area contributed by atoms with Crippen LogP contribution in [0.4, 0.5) is 0 Å². The van der Waals surface area contributed by atoms with Gasteiger partial charge in [-0.1, -0.05) is 6.07 Å². The summed E-state index contributed by atoms with van der Waals surface area (Å²) >= 11 is 3.35. The summed E-state index contributed by atoms with van der Waals surface area (Å²) in [6.07, 6.45) is 0. The number of halogens is 1. The van der Waals surface area contributed by atoms with Crippen LogP contribution in [0.15, 0.2) is 22.7 Å². The van der Waals surface area contributed by atoms with Gasteiger partial charge in [-0.25, -0.2) is 4.79 Å². The summed E-state index contributed by atoms with van der Waals surface area (Å²) in [4.78, 5) is 23.0. The van der Waals surface area contributed by atoms with Gasteiger partial charge in [-0.05, 0) is 61.3 Å². The molecule has 116 valence electrons. The van der Waals surface area contributed by atoms with E-state index in [0.29, 0.717) is 5.75 Å². The van der Waals surface area contributed by atoms with Crippen molar-refractivity contribution in [3.05, 3.63) is 28.2 Å². The van der Waals surface area contributed by atoms with E-state index in [0.717, 1.165) is 10.0 Å². The number of carbonyl (C=O) groups is 2. The van der Waals surface area contributed by atoms with Crippen LogP contribution in [-0.2, 0) is 14.3 Å². The summed E-state index contributed by atoms with van der Waals surface area (Å²) in [7, 11) is 0. The molecule has 0 aliphatic carbocycles. The summed E-state index contributed by atoms with van der Waals surface area (Å²) in [5.41, 5.74) is 0.725. The zero-order valence-corrected chi connectivity index (χ0v) is 14.2. The standard InChI is InChI=1S/C15H20BrNO4/c1-10-5-6-12(11(16)7-10)20-9-14(19)21-8-13(18)17-15(2,3)4/h5-7H,8-9H2,1-4H3,(H,17,18). The summed E-state index contributed by atoms with van der Waals surface area (Å²) < 4.78 is 10.9. The number of carbonyl (C=O) groups excluding carboxylic acids is 2. The first-order chi connectivity index (χ1) is 9.67. The highest BCUT2D eigenvalue weighted by Crippen LogP contribution is 2.25. The molecule has 0 atom stereocenters. The highest BCUT2D eigenvalue weighted by Gasteiger charge is 2.15. The van der Waals surface area contributed by atoms with Crippen LogP contribution in [0, 0.1) is 6.92 Å². The lowest BCUT2D eigenvalue weighted by Gasteiger charge is -2.20. The number of hydrogen-bond donors (Lipinski definition) is 1. The predicted octanol–water partition coefficient (Wildman–Crippen LogP) is 2.59. The normalized spacial score (nSPS) is 10.9. The van der Waals surface area contributed by atoms with Gasteiger partial charge in [0, 0.05) is 5.54 Å². The number of aryl methyl sites for hydroxylation is 1. The molecule has 1 aromatic carbocycles. The van der Waals surface area contributed by atoms with Gasteiger partial charge in [0.25, 0.3) is 5.91 Å².